The van der Waals surface area contributed by atoms with Gasteiger partial charge in [-0.2, -0.15) is 5.10 Å². The number of ether oxygens (including phenoxy) is 6. The average Bonchev–Trinajstić information content (AvgIpc) is 1.87. The van der Waals surface area contributed by atoms with Crippen molar-refractivity contribution in [3.63, 3.8) is 0 Å². The van der Waals surface area contributed by atoms with Crippen LogP contribution in [-0.2, 0) is 19.8 Å². The fraction of sp³-hybridized carbons (Fsp3) is 0.179. The van der Waals surface area contributed by atoms with Crippen molar-refractivity contribution < 1.29 is 33.2 Å². The Morgan fingerprint density at radius 1 is 0.577 bits per heavy atom. The number of nitrogens with zero attached hydrogens (tertiary/aromatic N) is 8. The Balaban J connectivity index is 0.000000152. The quantitative estimate of drug-likeness (QED) is 0.0595. The van der Waals surface area contributed by atoms with Crippen molar-refractivity contribution in [3.05, 3.63) is 286 Å². The summed E-state index contributed by atoms with van der Waals surface area (Å²) in [5, 5.41) is 5.73. The van der Waals surface area contributed by atoms with Crippen molar-refractivity contribution in [2.24, 2.45) is 0 Å². The maximum absolute atomic E-state index is 11.4. The van der Waals surface area contributed by atoms with Crippen LogP contribution in [0.4, 0.5) is 5.69 Å². The summed E-state index contributed by atoms with van der Waals surface area (Å²) >= 11 is 12.1. The van der Waals surface area contributed by atoms with Crippen molar-refractivity contribution >= 4 is 53.4 Å². The number of halogens is 2. The molecule has 7 aromatic heterocycles. The summed E-state index contributed by atoms with van der Waals surface area (Å²) in [4.78, 5) is 49.5. The van der Waals surface area contributed by atoms with Crippen molar-refractivity contribution in [3.8, 4) is 68.7 Å². The van der Waals surface area contributed by atoms with Crippen molar-refractivity contribution in [2.45, 2.75) is 65.5 Å². The maximum Gasteiger partial charge on any atom is 0.248 e. The molecule has 0 bridgehead atoms. The SMILES string of the molecule is C=Cc1cc(=O)[nH]cc1OCc1cccnc1-c1ccnn1C(C)C.C=Cc1cc(OC)ncc1OCc1cccnc1-c1ccc(Cl)cc1.C=Cc1cc(OC)ncc1OCc1cccnc1-c1cccc(Cl)c1.Cc1cccc(OC[C@@H]2CCCN2c2ccccc2)c1C=O. The van der Waals surface area contributed by atoms with Gasteiger partial charge in [0, 0.05) is 122 Å². The van der Waals surface area contributed by atoms with Gasteiger partial charge in [0.25, 0.3) is 0 Å². The molecule has 8 heterocycles. The highest BCUT2D eigenvalue weighted by Gasteiger charge is 2.26. The summed E-state index contributed by atoms with van der Waals surface area (Å²) in [5.74, 6) is 3.57. The number of benzene rings is 4. The number of H-pyrrole nitrogens is 1. The molecule has 11 aromatic rings. The van der Waals surface area contributed by atoms with Gasteiger partial charge in [0.2, 0.25) is 17.3 Å². The number of hydrogen-bond donors (Lipinski definition) is 1. The number of anilines is 1. The van der Waals surface area contributed by atoms with E-state index in [9.17, 15) is 9.59 Å². The van der Waals surface area contributed by atoms with E-state index >= 15 is 0 Å². The molecule has 17 nitrogen and oxygen atoms in total. The van der Waals surface area contributed by atoms with Crippen LogP contribution in [0, 0.1) is 6.92 Å². The Labute approximate surface area is 575 Å². The molecule has 0 unspecified atom stereocenters. The van der Waals surface area contributed by atoms with Gasteiger partial charge in [0.1, 0.15) is 49.4 Å². The number of carbonyl (C=O) groups excluding carboxylic acids is 1. The molecule has 0 saturated carbocycles. The molecular formula is C78H75Cl2N9O8. The first-order valence-corrected chi connectivity index (χ1v) is 32.0. The largest absolute Gasteiger partial charge is 0.491 e. The van der Waals surface area contributed by atoms with E-state index in [1.165, 1.54) is 18.2 Å². The zero-order chi connectivity index (χ0) is 68.5. The van der Waals surface area contributed by atoms with Crippen LogP contribution in [0.25, 0.3) is 52.1 Å². The lowest BCUT2D eigenvalue weighted by Crippen LogP contribution is -2.34. The first-order chi connectivity index (χ1) is 47.3. The smallest absolute Gasteiger partial charge is 0.248 e. The number of aromatic nitrogens is 8. The number of aryl methyl sites for hydroxylation is 1. The van der Waals surface area contributed by atoms with E-state index in [4.69, 9.17) is 51.6 Å². The summed E-state index contributed by atoms with van der Waals surface area (Å²) < 4.78 is 35.9. The number of methoxy groups -OCH3 is 2. The van der Waals surface area contributed by atoms with E-state index in [-0.39, 0.29) is 11.6 Å². The fourth-order valence-electron chi connectivity index (χ4n) is 10.5. The molecule has 494 valence electrons. The lowest BCUT2D eigenvalue weighted by molar-refractivity contribution is 0.111. The summed E-state index contributed by atoms with van der Waals surface area (Å²) in [5.41, 5.74) is 13.2. The second-order valence-corrected chi connectivity index (χ2v) is 23.0. The predicted molar refractivity (Wildman–Crippen MR) is 386 cm³/mol. The van der Waals surface area contributed by atoms with Crippen LogP contribution in [-0.4, -0.2) is 79.4 Å². The van der Waals surface area contributed by atoms with Crippen molar-refractivity contribution in [1.82, 2.24) is 39.7 Å². The number of aldehydes is 1. The Kier molecular flexibility index (Phi) is 25.6. The molecule has 0 amide bonds. The summed E-state index contributed by atoms with van der Waals surface area (Å²) in [7, 11) is 3.15. The predicted octanol–water partition coefficient (Wildman–Crippen LogP) is 17.3. The van der Waals surface area contributed by atoms with Gasteiger partial charge in [-0.15, -0.1) is 0 Å². The monoisotopic (exact) mass is 1340 g/mol. The lowest BCUT2D eigenvalue weighted by atomic mass is 10.1. The van der Waals surface area contributed by atoms with Gasteiger partial charge in [0.15, 0.2) is 6.29 Å². The normalized spacial score (nSPS) is 12.1. The molecule has 4 aromatic carbocycles. The third-order valence-corrected chi connectivity index (χ3v) is 16.0. The zero-order valence-electron chi connectivity index (χ0n) is 54.7. The zero-order valence-corrected chi connectivity index (χ0v) is 56.2. The lowest BCUT2D eigenvalue weighted by Gasteiger charge is -2.27. The molecule has 1 aliphatic rings. The number of pyridine rings is 6. The van der Waals surface area contributed by atoms with Gasteiger partial charge in [-0.1, -0.05) is 134 Å². The molecule has 12 rings (SSSR count). The second-order valence-electron chi connectivity index (χ2n) is 22.2. The standard InChI is InChI=1S/2C20H17ClN2O2.C19H20N4O2.C19H21NO2/c1-3-14-11-19(24-2)23-12-18(14)25-13-16-7-5-9-22-20(16)15-6-4-8-17(21)10-15;1-3-14-11-19(24-2)23-12-18(14)25-13-16-5-4-10-22-20(16)15-6-8-17(21)9-7-15;1-4-14-10-18(24)21-11-17(14)25-12-15-6-5-8-20-19(15)16-7-9-22-23(16)13(2)3;1-15-7-5-11-19(18(15)13-21)22-14-17-10-6-12-20(17)16-8-3-2-4-9-16/h2*3-12H,1,13H2,2H3;4-11,13H,1,12H2,2-3H3,(H,21,24);2-5,7-9,11,13,17H,6,10,12,14H2,1H3/t;;;17-/m...0/s1. The highest BCUT2D eigenvalue weighted by molar-refractivity contribution is 6.31. The van der Waals surface area contributed by atoms with E-state index in [0.717, 1.165) is 86.5 Å². The molecule has 0 radical (unpaired) electrons. The minimum Gasteiger partial charge on any atom is -0.491 e. The fourth-order valence-corrected chi connectivity index (χ4v) is 10.9. The Morgan fingerprint density at radius 3 is 1.72 bits per heavy atom. The Morgan fingerprint density at radius 2 is 1.14 bits per heavy atom. The minimum atomic E-state index is -0.190. The highest BCUT2D eigenvalue weighted by atomic mass is 35.5. The molecule has 97 heavy (non-hydrogen) atoms. The number of nitrogens with one attached hydrogen (secondary N) is 1. The van der Waals surface area contributed by atoms with E-state index in [1.807, 2.05) is 127 Å². The molecule has 0 aliphatic carbocycles. The van der Waals surface area contributed by atoms with Gasteiger partial charge in [-0.3, -0.25) is 29.2 Å². The topological polar surface area (TPSA) is 191 Å². The average molecular weight is 1340 g/mol. The molecule has 1 N–H and O–H groups in total. The number of aromatic amines is 1. The summed E-state index contributed by atoms with van der Waals surface area (Å²) in [6, 6.07) is 50.5. The van der Waals surface area contributed by atoms with Gasteiger partial charge in [-0.25, -0.2) is 9.97 Å². The van der Waals surface area contributed by atoms with Gasteiger partial charge in [0.05, 0.1) is 61.0 Å². The Hall–Kier alpha value is -11.1. The highest BCUT2D eigenvalue weighted by Crippen LogP contribution is 2.32. The van der Waals surface area contributed by atoms with Crippen molar-refractivity contribution in [1.29, 1.82) is 0 Å². The van der Waals surface area contributed by atoms with Crippen LogP contribution < -0.4 is 38.9 Å². The van der Waals surface area contributed by atoms with Crippen LogP contribution in [0.2, 0.25) is 10.0 Å². The number of hydrogen-bond acceptors (Lipinski definition) is 15. The van der Waals surface area contributed by atoms with Crippen LogP contribution in [0.1, 0.15) is 82.0 Å². The molecule has 1 atom stereocenters. The van der Waals surface area contributed by atoms with Gasteiger partial charge >= 0.3 is 0 Å². The summed E-state index contributed by atoms with van der Waals surface area (Å²) in [6.45, 7) is 20.1. The van der Waals surface area contributed by atoms with Crippen molar-refractivity contribution in [2.75, 3.05) is 32.3 Å². The molecule has 1 saturated heterocycles. The first-order valence-electron chi connectivity index (χ1n) is 31.2. The molecule has 0 spiro atoms. The van der Waals surface area contributed by atoms with E-state index in [1.54, 1.807) is 88.0 Å². The Bertz CT molecular complexity index is 4490. The summed E-state index contributed by atoms with van der Waals surface area (Å²) in [6.07, 6.45) is 20.1. The van der Waals surface area contributed by atoms with Gasteiger partial charge in [-0.05, 0) is 106 Å². The number of carbonyl (C=O) groups is 1. The van der Waals surface area contributed by atoms with Crippen LogP contribution in [0.3, 0.4) is 0 Å². The number of rotatable bonds is 23. The van der Waals surface area contributed by atoms with Gasteiger partial charge < -0.3 is 38.3 Å². The molecular weight excluding hydrogens is 1260 g/mol. The van der Waals surface area contributed by atoms with Crippen LogP contribution in [0.15, 0.2) is 226 Å². The van der Waals surface area contributed by atoms with Crippen LogP contribution >= 0.6 is 23.2 Å². The van der Waals surface area contributed by atoms with Crippen LogP contribution in [0.5, 0.6) is 34.8 Å². The second kappa shape index (κ2) is 35.4. The molecule has 1 aliphatic heterocycles. The first kappa shape index (κ1) is 70.2. The molecule has 1 fully saturated rings. The van der Waals surface area contributed by atoms with E-state index in [2.05, 4.69) is 97.8 Å². The maximum atomic E-state index is 11.4. The third-order valence-electron chi connectivity index (χ3n) is 15.5. The third kappa shape index (κ3) is 19.1. The van der Waals surface area contributed by atoms with E-state index in [0.29, 0.717) is 88.4 Å². The van der Waals surface area contributed by atoms with E-state index < -0.39 is 0 Å². The number of para-hydroxylation sites is 1. The minimum absolute atomic E-state index is 0.190. The molecule has 19 heteroatoms.